The van der Waals surface area contributed by atoms with Crippen molar-refractivity contribution in [1.29, 1.82) is 0 Å². The number of fused-ring (bicyclic) bond motifs is 1. The molecule has 3 aromatic heterocycles. The van der Waals surface area contributed by atoms with E-state index in [0.717, 1.165) is 59.2 Å². The molecule has 1 aromatic carbocycles. The van der Waals surface area contributed by atoms with E-state index in [4.69, 9.17) is 0 Å². The lowest BCUT2D eigenvalue weighted by molar-refractivity contribution is 0.0992. The molecule has 0 unspecified atom stereocenters. The summed E-state index contributed by atoms with van der Waals surface area (Å²) >= 11 is 0. The molecule has 162 valence electrons. The van der Waals surface area contributed by atoms with Crippen LogP contribution in [0.4, 0.5) is 0 Å². The Kier molecular flexibility index (Phi) is 5.53. The van der Waals surface area contributed by atoms with E-state index in [1.54, 1.807) is 17.1 Å². The average molecular weight is 426 g/mol. The summed E-state index contributed by atoms with van der Waals surface area (Å²) in [5, 5.41) is 6.21. The molecule has 4 heterocycles. The Balaban J connectivity index is 1.36. The van der Waals surface area contributed by atoms with Gasteiger partial charge in [-0.2, -0.15) is 5.10 Å². The first-order chi connectivity index (χ1) is 15.5. The maximum atomic E-state index is 13.1. The molecule has 1 saturated heterocycles. The van der Waals surface area contributed by atoms with Crippen LogP contribution in [0.25, 0.3) is 22.0 Å². The van der Waals surface area contributed by atoms with Gasteiger partial charge in [-0.3, -0.25) is 19.4 Å². The molecular formula is C26H27N5O. The van der Waals surface area contributed by atoms with Gasteiger partial charge in [-0.05, 0) is 68.0 Å². The number of likely N-dealkylation sites (tertiary alicyclic amines) is 1. The number of hydrogen-bond donors (Lipinski definition) is 0. The van der Waals surface area contributed by atoms with E-state index in [1.165, 1.54) is 5.56 Å². The summed E-state index contributed by atoms with van der Waals surface area (Å²) in [6.45, 7) is 2.22. The molecule has 0 bridgehead atoms. The number of rotatable bonds is 5. The van der Waals surface area contributed by atoms with Crippen LogP contribution in [0.5, 0.6) is 0 Å². The van der Waals surface area contributed by atoms with Crippen LogP contribution in [-0.2, 0) is 13.5 Å². The van der Waals surface area contributed by atoms with E-state index in [2.05, 4.69) is 39.1 Å². The van der Waals surface area contributed by atoms with Gasteiger partial charge >= 0.3 is 0 Å². The molecule has 0 amide bonds. The molecule has 0 saturated carbocycles. The van der Waals surface area contributed by atoms with E-state index in [0.29, 0.717) is 5.92 Å². The van der Waals surface area contributed by atoms with Crippen molar-refractivity contribution in [3.8, 4) is 11.3 Å². The van der Waals surface area contributed by atoms with Crippen molar-refractivity contribution in [2.45, 2.75) is 25.2 Å². The number of nitrogens with zero attached hydrogens (tertiary/aromatic N) is 5. The number of aromatic nitrogens is 4. The van der Waals surface area contributed by atoms with Crippen molar-refractivity contribution in [3.05, 3.63) is 78.0 Å². The topological polar surface area (TPSA) is 63.9 Å². The van der Waals surface area contributed by atoms with Gasteiger partial charge in [0.15, 0.2) is 5.78 Å². The minimum absolute atomic E-state index is 0.105. The van der Waals surface area contributed by atoms with Gasteiger partial charge in [-0.15, -0.1) is 0 Å². The van der Waals surface area contributed by atoms with E-state index >= 15 is 0 Å². The van der Waals surface area contributed by atoms with Gasteiger partial charge in [-0.25, -0.2) is 0 Å². The zero-order valence-electron chi connectivity index (χ0n) is 18.5. The third-order valence-electron chi connectivity index (χ3n) is 6.40. The first kappa shape index (κ1) is 20.5. The Labute approximate surface area is 187 Å². The summed E-state index contributed by atoms with van der Waals surface area (Å²) in [4.78, 5) is 24.5. The Morgan fingerprint density at radius 3 is 2.59 bits per heavy atom. The molecule has 4 aromatic rings. The van der Waals surface area contributed by atoms with Gasteiger partial charge in [0.2, 0.25) is 0 Å². The highest BCUT2D eigenvalue weighted by Gasteiger charge is 2.19. The summed E-state index contributed by atoms with van der Waals surface area (Å²) in [7, 11) is 4.06. The predicted molar refractivity (Wildman–Crippen MR) is 126 cm³/mol. The number of pyridine rings is 2. The number of aryl methyl sites for hydroxylation is 1. The van der Waals surface area contributed by atoms with Crippen LogP contribution in [-0.4, -0.2) is 50.6 Å². The molecule has 0 radical (unpaired) electrons. The molecule has 1 aliphatic rings. The van der Waals surface area contributed by atoms with Crippen molar-refractivity contribution >= 4 is 16.6 Å². The fourth-order valence-corrected chi connectivity index (χ4v) is 4.47. The Morgan fingerprint density at radius 1 is 1.00 bits per heavy atom. The van der Waals surface area contributed by atoms with Gasteiger partial charge in [0, 0.05) is 47.8 Å². The van der Waals surface area contributed by atoms with Gasteiger partial charge < -0.3 is 4.90 Å². The second-order valence-electron chi connectivity index (χ2n) is 8.80. The van der Waals surface area contributed by atoms with Crippen molar-refractivity contribution in [2.24, 2.45) is 7.05 Å². The molecule has 32 heavy (non-hydrogen) atoms. The lowest BCUT2D eigenvalue weighted by Crippen LogP contribution is -2.29. The second-order valence-corrected chi connectivity index (χ2v) is 8.80. The number of carbonyl (C=O) groups is 1. The molecule has 5 rings (SSSR count). The van der Waals surface area contributed by atoms with Gasteiger partial charge in [0.05, 0.1) is 18.3 Å². The van der Waals surface area contributed by atoms with Crippen molar-refractivity contribution < 1.29 is 4.79 Å². The lowest BCUT2D eigenvalue weighted by atomic mass is 9.88. The first-order valence-electron chi connectivity index (χ1n) is 11.1. The second kappa shape index (κ2) is 8.63. The summed E-state index contributed by atoms with van der Waals surface area (Å²) in [5.74, 6) is 0.643. The zero-order valence-corrected chi connectivity index (χ0v) is 18.5. The molecular weight excluding hydrogens is 398 g/mol. The minimum atomic E-state index is 0.105. The first-order valence-corrected chi connectivity index (χ1v) is 11.1. The zero-order chi connectivity index (χ0) is 22.1. The normalized spacial score (nSPS) is 15.3. The molecule has 0 N–H and O–H groups in total. The predicted octanol–water partition coefficient (Wildman–Crippen LogP) is 4.26. The SMILES string of the molecule is CN1CCC(c2cccc(C(=O)Cc3cc4cc(-c5cnn(C)c5)ncc4cn3)c2)CC1. The van der Waals surface area contributed by atoms with E-state index < -0.39 is 0 Å². The molecule has 0 spiro atoms. The molecule has 0 atom stereocenters. The highest BCUT2D eigenvalue weighted by molar-refractivity contribution is 5.98. The van der Waals surface area contributed by atoms with Gasteiger partial charge in [-0.1, -0.05) is 18.2 Å². The van der Waals surface area contributed by atoms with Crippen molar-refractivity contribution in [1.82, 2.24) is 24.6 Å². The third-order valence-corrected chi connectivity index (χ3v) is 6.40. The fraction of sp³-hybridized carbons (Fsp3) is 0.308. The molecule has 6 heteroatoms. The highest BCUT2D eigenvalue weighted by Crippen LogP contribution is 2.28. The largest absolute Gasteiger partial charge is 0.306 e. The van der Waals surface area contributed by atoms with Crippen LogP contribution in [0.1, 0.15) is 40.4 Å². The van der Waals surface area contributed by atoms with E-state index in [1.807, 2.05) is 43.7 Å². The highest BCUT2D eigenvalue weighted by atomic mass is 16.1. The van der Waals surface area contributed by atoms with Crippen LogP contribution >= 0.6 is 0 Å². The number of benzene rings is 1. The smallest absolute Gasteiger partial charge is 0.168 e. The van der Waals surface area contributed by atoms with E-state index in [9.17, 15) is 4.79 Å². The number of hydrogen-bond acceptors (Lipinski definition) is 5. The van der Waals surface area contributed by atoms with Crippen LogP contribution in [0.15, 0.2) is 61.2 Å². The maximum absolute atomic E-state index is 13.1. The summed E-state index contributed by atoms with van der Waals surface area (Å²) < 4.78 is 1.76. The number of ketones is 1. The standard InChI is InChI=1S/C26H27N5O/c1-30-8-6-18(7-9-30)19-4-3-5-20(10-19)26(32)13-24-11-21-12-25(23-16-29-31(2)17-23)28-15-22(21)14-27-24/h3-5,10-12,14-18H,6-9,13H2,1-2H3. The monoisotopic (exact) mass is 425 g/mol. The maximum Gasteiger partial charge on any atom is 0.168 e. The fourth-order valence-electron chi connectivity index (χ4n) is 4.47. The van der Waals surface area contributed by atoms with Crippen LogP contribution in [0.3, 0.4) is 0 Å². The molecule has 1 aliphatic heterocycles. The lowest BCUT2D eigenvalue weighted by Gasteiger charge is -2.29. The van der Waals surface area contributed by atoms with Crippen LogP contribution in [0, 0.1) is 0 Å². The Morgan fingerprint density at radius 2 is 1.81 bits per heavy atom. The molecule has 0 aliphatic carbocycles. The van der Waals surface area contributed by atoms with Crippen LogP contribution < -0.4 is 0 Å². The van der Waals surface area contributed by atoms with Crippen molar-refractivity contribution in [3.63, 3.8) is 0 Å². The third kappa shape index (κ3) is 4.32. The number of Topliss-reactive ketones (excluding diaryl/α,β-unsaturated/α-hetero) is 1. The van der Waals surface area contributed by atoms with Gasteiger partial charge in [0.1, 0.15) is 0 Å². The molecule has 6 nitrogen and oxygen atoms in total. The van der Waals surface area contributed by atoms with E-state index in [-0.39, 0.29) is 12.2 Å². The quantitative estimate of drug-likeness (QED) is 0.447. The van der Waals surface area contributed by atoms with Crippen LogP contribution in [0.2, 0.25) is 0 Å². The number of piperidine rings is 1. The summed E-state index contributed by atoms with van der Waals surface area (Å²) in [5.41, 5.74) is 4.65. The average Bonchev–Trinajstić information content (AvgIpc) is 3.25. The summed E-state index contributed by atoms with van der Waals surface area (Å²) in [6, 6.07) is 12.2. The Bertz CT molecular complexity index is 1270. The molecule has 1 fully saturated rings. The van der Waals surface area contributed by atoms with Gasteiger partial charge in [0.25, 0.3) is 0 Å². The number of carbonyl (C=O) groups excluding carboxylic acids is 1. The Hall–Kier alpha value is -3.38. The minimum Gasteiger partial charge on any atom is -0.306 e. The van der Waals surface area contributed by atoms with Crippen molar-refractivity contribution in [2.75, 3.05) is 20.1 Å². The summed E-state index contributed by atoms with van der Waals surface area (Å²) in [6.07, 6.45) is 9.95.